The summed E-state index contributed by atoms with van der Waals surface area (Å²) in [4.78, 5) is 23.8. The third-order valence-corrected chi connectivity index (χ3v) is 6.65. The van der Waals surface area contributed by atoms with Gasteiger partial charge in [0, 0.05) is 0 Å². The molecule has 3 aromatic rings. The van der Waals surface area contributed by atoms with Crippen LogP contribution in [-0.2, 0) is 19.3 Å². The van der Waals surface area contributed by atoms with Gasteiger partial charge in [-0.2, -0.15) is 0 Å². The fourth-order valence-electron chi connectivity index (χ4n) is 3.02. The predicted octanol–water partition coefficient (Wildman–Crippen LogP) is 4.33. The van der Waals surface area contributed by atoms with Crippen LogP contribution < -0.4 is 9.47 Å². The third kappa shape index (κ3) is 6.83. The second-order valence-corrected chi connectivity index (χ2v) is 9.30. The van der Waals surface area contributed by atoms with E-state index in [1.165, 1.54) is 55.6 Å². The summed E-state index contributed by atoms with van der Waals surface area (Å²) in [5.41, 5.74) is 0.619. The first-order valence-corrected chi connectivity index (χ1v) is 12.4. The van der Waals surface area contributed by atoms with E-state index in [2.05, 4.69) is 4.74 Å². The molecule has 0 heterocycles. The smallest absolute Gasteiger partial charge is 0.338 e. The molecule has 8 nitrogen and oxygen atoms in total. The lowest BCUT2D eigenvalue weighted by Gasteiger charge is -2.10. The van der Waals surface area contributed by atoms with Crippen molar-refractivity contribution in [1.82, 2.24) is 0 Å². The van der Waals surface area contributed by atoms with Crippen LogP contribution in [-0.4, -0.2) is 47.3 Å². The van der Waals surface area contributed by atoms with Crippen molar-refractivity contribution in [3.63, 3.8) is 0 Å². The number of hydrogen-bond donors (Lipinski definition) is 0. The predicted molar refractivity (Wildman–Crippen MR) is 128 cm³/mol. The molecular weight excluding hydrogens is 472 g/mol. The Bertz CT molecular complexity index is 1230. The van der Waals surface area contributed by atoms with Gasteiger partial charge in [0.1, 0.15) is 24.7 Å². The van der Waals surface area contributed by atoms with Crippen LogP contribution >= 0.6 is 0 Å². The van der Waals surface area contributed by atoms with E-state index in [-0.39, 0.29) is 28.6 Å². The molecule has 0 aliphatic carbocycles. The van der Waals surface area contributed by atoms with E-state index in [1.54, 1.807) is 24.3 Å². The highest BCUT2D eigenvalue weighted by Crippen LogP contribution is 2.25. The van der Waals surface area contributed by atoms with Gasteiger partial charge in [-0.3, -0.25) is 0 Å². The normalized spacial score (nSPS) is 10.9. The molecule has 0 unspecified atom stereocenters. The van der Waals surface area contributed by atoms with Crippen LogP contribution in [0.15, 0.2) is 82.6 Å². The first-order chi connectivity index (χ1) is 16.8. The molecule has 0 aliphatic heterocycles. The monoisotopic (exact) mass is 498 g/mol. The van der Waals surface area contributed by atoms with Crippen molar-refractivity contribution in [3.05, 3.63) is 83.9 Å². The number of ether oxygens (including phenoxy) is 4. The average molecular weight is 499 g/mol. The molecule has 9 heteroatoms. The standard InChI is InChI=1S/C26H26O8S/c1-3-16-32-21-8-12-23(13-9-21)35(29,30)24-14-10-22(11-15-24)33-17-18-34-26(28)20-6-4-19(5-7-20)25(27)31-2/h4-15H,3,16-18H2,1-2H3. The van der Waals surface area contributed by atoms with Gasteiger partial charge in [-0.1, -0.05) is 6.92 Å². The molecule has 184 valence electrons. The second-order valence-electron chi connectivity index (χ2n) is 7.35. The Morgan fingerprint density at radius 2 is 1.11 bits per heavy atom. The van der Waals surface area contributed by atoms with Gasteiger partial charge < -0.3 is 18.9 Å². The lowest BCUT2D eigenvalue weighted by molar-refractivity contribution is 0.0449. The minimum atomic E-state index is -3.68. The average Bonchev–Trinajstić information content (AvgIpc) is 2.90. The Balaban J connectivity index is 1.50. The van der Waals surface area contributed by atoms with E-state index in [0.29, 0.717) is 23.7 Å². The molecule has 0 fully saturated rings. The molecule has 35 heavy (non-hydrogen) atoms. The minimum absolute atomic E-state index is 0.00983. The number of methoxy groups -OCH3 is 1. The van der Waals surface area contributed by atoms with Crippen LogP contribution in [0.2, 0.25) is 0 Å². The molecule has 0 saturated carbocycles. The summed E-state index contributed by atoms with van der Waals surface area (Å²) in [5.74, 6) is 0.00354. The Labute approximate surface area is 204 Å². The van der Waals surface area contributed by atoms with Crippen LogP contribution in [0.4, 0.5) is 0 Å². The van der Waals surface area contributed by atoms with Crippen LogP contribution in [0, 0.1) is 0 Å². The molecule has 0 spiro atoms. The molecule has 0 radical (unpaired) electrons. The van der Waals surface area contributed by atoms with Gasteiger partial charge in [-0.15, -0.1) is 0 Å². The maximum atomic E-state index is 12.9. The Morgan fingerprint density at radius 3 is 1.57 bits per heavy atom. The lowest BCUT2D eigenvalue weighted by Crippen LogP contribution is -2.12. The fourth-order valence-corrected chi connectivity index (χ4v) is 4.28. The zero-order valence-electron chi connectivity index (χ0n) is 19.4. The van der Waals surface area contributed by atoms with Crippen molar-refractivity contribution in [3.8, 4) is 11.5 Å². The van der Waals surface area contributed by atoms with Crippen molar-refractivity contribution < 1.29 is 37.0 Å². The van der Waals surface area contributed by atoms with Crippen LogP contribution in [0.25, 0.3) is 0 Å². The highest BCUT2D eigenvalue weighted by atomic mass is 32.2. The van der Waals surface area contributed by atoms with Gasteiger partial charge >= 0.3 is 11.9 Å². The highest BCUT2D eigenvalue weighted by molar-refractivity contribution is 7.91. The molecule has 0 amide bonds. The Morgan fingerprint density at radius 1 is 0.657 bits per heavy atom. The summed E-state index contributed by atoms with van der Waals surface area (Å²) in [6.07, 6.45) is 0.864. The largest absolute Gasteiger partial charge is 0.494 e. The number of carbonyl (C=O) groups is 2. The van der Waals surface area contributed by atoms with E-state index in [0.717, 1.165) is 6.42 Å². The number of hydrogen-bond acceptors (Lipinski definition) is 8. The maximum absolute atomic E-state index is 12.9. The van der Waals surface area contributed by atoms with Gasteiger partial charge in [0.05, 0.1) is 34.6 Å². The van der Waals surface area contributed by atoms with Crippen LogP contribution in [0.1, 0.15) is 34.1 Å². The summed E-state index contributed by atoms with van der Waals surface area (Å²) in [5, 5.41) is 0. The van der Waals surface area contributed by atoms with E-state index < -0.39 is 21.8 Å². The summed E-state index contributed by atoms with van der Waals surface area (Å²) >= 11 is 0. The topological polar surface area (TPSA) is 105 Å². The van der Waals surface area contributed by atoms with Crippen molar-refractivity contribution in [1.29, 1.82) is 0 Å². The number of esters is 2. The highest BCUT2D eigenvalue weighted by Gasteiger charge is 2.18. The SMILES string of the molecule is CCCOc1ccc(S(=O)(=O)c2ccc(OCCOC(=O)c3ccc(C(=O)OC)cc3)cc2)cc1. The van der Waals surface area contributed by atoms with E-state index in [1.807, 2.05) is 6.92 Å². The zero-order chi connectivity index (χ0) is 25.3. The second kappa shape index (κ2) is 12.0. The van der Waals surface area contributed by atoms with E-state index >= 15 is 0 Å². The summed E-state index contributed by atoms with van der Waals surface area (Å²) in [7, 11) is -2.40. The fraction of sp³-hybridized carbons (Fsp3) is 0.231. The third-order valence-electron chi connectivity index (χ3n) is 4.87. The first-order valence-electron chi connectivity index (χ1n) is 10.9. The number of rotatable bonds is 11. The zero-order valence-corrected chi connectivity index (χ0v) is 20.2. The molecule has 0 aliphatic rings. The van der Waals surface area contributed by atoms with Gasteiger partial charge in [0.2, 0.25) is 9.84 Å². The maximum Gasteiger partial charge on any atom is 0.338 e. The summed E-state index contributed by atoms with van der Waals surface area (Å²) in [6, 6.07) is 18.2. The Kier molecular flexibility index (Phi) is 8.86. The quantitative estimate of drug-likeness (QED) is 0.284. The molecule has 3 aromatic carbocycles. The van der Waals surface area contributed by atoms with Crippen molar-refractivity contribution >= 4 is 21.8 Å². The van der Waals surface area contributed by atoms with Crippen LogP contribution in [0.3, 0.4) is 0 Å². The van der Waals surface area contributed by atoms with Crippen molar-refractivity contribution in [2.24, 2.45) is 0 Å². The van der Waals surface area contributed by atoms with Gasteiger partial charge in [-0.05, 0) is 79.2 Å². The van der Waals surface area contributed by atoms with Gasteiger partial charge in [0.15, 0.2) is 0 Å². The molecule has 3 rings (SSSR count). The first kappa shape index (κ1) is 25.8. The molecular formula is C26H26O8S. The lowest BCUT2D eigenvalue weighted by atomic mass is 10.1. The van der Waals surface area contributed by atoms with Gasteiger partial charge in [0.25, 0.3) is 0 Å². The Hall–Kier alpha value is -3.85. The van der Waals surface area contributed by atoms with Crippen LogP contribution in [0.5, 0.6) is 11.5 Å². The molecule has 0 bridgehead atoms. The number of sulfone groups is 1. The van der Waals surface area contributed by atoms with Crippen molar-refractivity contribution in [2.75, 3.05) is 26.9 Å². The summed E-state index contributed by atoms with van der Waals surface area (Å²) < 4.78 is 46.5. The van der Waals surface area contributed by atoms with E-state index in [9.17, 15) is 18.0 Å². The molecule has 0 N–H and O–H groups in total. The van der Waals surface area contributed by atoms with Gasteiger partial charge in [-0.25, -0.2) is 18.0 Å². The van der Waals surface area contributed by atoms with E-state index in [4.69, 9.17) is 14.2 Å². The molecule has 0 aromatic heterocycles. The van der Waals surface area contributed by atoms with Crippen molar-refractivity contribution in [2.45, 2.75) is 23.1 Å². The number of benzene rings is 3. The molecule has 0 atom stereocenters. The summed E-state index contributed by atoms with van der Waals surface area (Å²) in [6.45, 7) is 2.63. The minimum Gasteiger partial charge on any atom is -0.494 e. The number of carbonyl (C=O) groups excluding carboxylic acids is 2. The molecule has 0 saturated heterocycles.